The molecule has 0 bridgehead atoms. The number of thioether (sulfide) groups is 2. The van der Waals surface area contributed by atoms with Gasteiger partial charge in [-0.25, -0.2) is 4.79 Å². The smallest absolute Gasteiger partial charge is 0.326 e. The molecule has 2 amide bonds. The topological polar surface area (TPSA) is 116 Å². The number of nitrogens with zero attached hydrogens (tertiary/aromatic N) is 1. The van der Waals surface area contributed by atoms with Crippen LogP contribution in [0.4, 0.5) is 0 Å². The highest BCUT2D eigenvalue weighted by molar-refractivity contribution is 8.21. The Morgan fingerprint density at radius 1 is 1.03 bits per heavy atom. The van der Waals surface area contributed by atoms with Gasteiger partial charge < -0.3 is 15.3 Å². The average Bonchev–Trinajstić information content (AvgIpc) is 3.54. The van der Waals surface area contributed by atoms with E-state index >= 15 is 0 Å². The van der Waals surface area contributed by atoms with Gasteiger partial charge in [-0.15, -0.1) is 23.5 Å². The minimum absolute atomic E-state index is 0.139. The fourth-order valence-corrected chi connectivity index (χ4v) is 7.89. The Kier molecular flexibility index (Phi) is 8.94. The number of benzene rings is 2. The minimum atomic E-state index is -1.01. The summed E-state index contributed by atoms with van der Waals surface area (Å²) in [6, 6.07) is 15.7. The van der Waals surface area contributed by atoms with Gasteiger partial charge >= 0.3 is 5.97 Å². The SMILES string of the molecule is CC(NCC(=O)C(Cc1ccccc1)NC(=O)c1ccccc1)C(=O)N1CC2(CC1C(=O)O)SCCS2. The first kappa shape index (κ1) is 27.2. The molecule has 2 aliphatic heterocycles. The number of likely N-dealkylation sites (tertiary alicyclic amines) is 1. The maximum absolute atomic E-state index is 13.2. The first-order valence-corrected chi connectivity index (χ1v) is 14.2. The van der Waals surface area contributed by atoms with Crippen molar-refractivity contribution in [1.29, 1.82) is 0 Å². The summed E-state index contributed by atoms with van der Waals surface area (Å²) < 4.78 is -0.267. The third kappa shape index (κ3) is 6.74. The molecule has 2 aliphatic rings. The maximum atomic E-state index is 13.2. The molecule has 2 fully saturated rings. The van der Waals surface area contributed by atoms with Gasteiger partial charge in [0.1, 0.15) is 6.04 Å². The molecule has 2 heterocycles. The number of nitrogens with one attached hydrogen (secondary N) is 2. The number of hydrogen-bond donors (Lipinski definition) is 3. The number of Topliss-reactive ketones (excluding diaryl/α,β-unsaturated/α-hetero) is 1. The van der Waals surface area contributed by atoms with E-state index in [4.69, 9.17) is 0 Å². The fraction of sp³-hybridized carbons (Fsp3) is 0.407. The molecule has 2 aromatic carbocycles. The van der Waals surface area contributed by atoms with Gasteiger partial charge in [0.05, 0.1) is 22.7 Å². The predicted octanol–water partition coefficient (Wildman–Crippen LogP) is 2.44. The average molecular weight is 542 g/mol. The lowest BCUT2D eigenvalue weighted by molar-refractivity contribution is -0.148. The van der Waals surface area contributed by atoms with Crippen molar-refractivity contribution in [2.24, 2.45) is 0 Å². The summed E-state index contributed by atoms with van der Waals surface area (Å²) in [5.41, 5.74) is 1.35. The van der Waals surface area contributed by atoms with Crippen molar-refractivity contribution in [2.75, 3.05) is 24.6 Å². The lowest BCUT2D eigenvalue weighted by atomic mass is 10.0. The van der Waals surface area contributed by atoms with E-state index in [0.29, 0.717) is 24.9 Å². The Morgan fingerprint density at radius 3 is 2.27 bits per heavy atom. The van der Waals surface area contributed by atoms with Gasteiger partial charge in [0, 0.05) is 30.0 Å². The summed E-state index contributed by atoms with van der Waals surface area (Å²) in [6.45, 7) is 1.88. The van der Waals surface area contributed by atoms with Crippen LogP contribution in [0.15, 0.2) is 60.7 Å². The molecular formula is C27H31N3O5S2. The largest absolute Gasteiger partial charge is 0.480 e. The number of carbonyl (C=O) groups is 4. The van der Waals surface area contributed by atoms with E-state index in [1.54, 1.807) is 54.7 Å². The van der Waals surface area contributed by atoms with Crippen LogP contribution in [0.1, 0.15) is 29.3 Å². The normalized spacial score (nSPS) is 19.9. The van der Waals surface area contributed by atoms with E-state index in [1.807, 2.05) is 36.4 Å². The lowest BCUT2D eigenvalue weighted by Crippen LogP contribution is -2.52. The van der Waals surface area contributed by atoms with Crippen LogP contribution in [-0.4, -0.2) is 80.4 Å². The highest BCUT2D eigenvalue weighted by atomic mass is 32.2. The summed E-state index contributed by atoms with van der Waals surface area (Å²) in [6.07, 6.45) is 0.728. The molecule has 4 rings (SSSR count). The Labute approximate surface area is 224 Å². The summed E-state index contributed by atoms with van der Waals surface area (Å²) in [4.78, 5) is 52.6. The molecule has 2 saturated heterocycles. The van der Waals surface area contributed by atoms with Gasteiger partial charge in [0.25, 0.3) is 5.91 Å². The van der Waals surface area contributed by atoms with Crippen molar-refractivity contribution >= 4 is 47.1 Å². The molecule has 0 radical (unpaired) electrons. The Hall–Kier alpha value is -2.82. The van der Waals surface area contributed by atoms with Crippen LogP contribution in [0.25, 0.3) is 0 Å². The number of carbonyl (C=O) groups excluding carboxylic acids is 3. The van der Waals surface area contributed by atoms with Crippen molar-refractivity contribution in [2.45, 2.75) is 42.0 Å². The summed E-state index contributed by atoms with van der Waals surface area (Å²) >= 11 is 3.45. The second-order valence-corrected chi connectivity index (χ2v) is 12.5. The quantitative estimate of drug-likeness (QED) is 0.420. The minimum Gasteiger partial charge on any atom is -0.480 e. The van der Waals surface area contributed by atoms with Crippen molar-refractivity contribution in [3.8, 4) is 0 Å². The highest BCUT2D eigenvalue weighted by Crippen LogP contribution is 2.51. The van der Waals surface area contributed by atoms with Gasteiger partial charge in [-0.2, -0.15) is 0 Å². The molecule has 2 aromatic rings. The third-order valence-corrected chi connectivity index (χ3v) is 10.1. The number of amides is 2. The zero-order chi connectivity index (χ0) is 26.4. The Balaban J connectivity index is 1.40. The van der Waals surface area contributed by atoms with Gasteiger partial charge in [0.15, 0.2) is 5.78 Å². The van der Waals surface area contributed by atoms with E-state index in [9.17, 15) is 24.3 Å². The second kappa shape index (κ2) is 12.1. The van der Waals surface area contributed by atoms with Gasteiger partial charge in [-0.05, 0) is 31.0 Å². The van der Waals surface area contributed by atoms with Crippen molar-refractivity contribution in [3.63, 3.8) is 0 Å². The van der Waals surface area contributed by atoms with E-state index in [2.05, 4.69) is 10.6 Å². The highest BCUT2D eigenvalue weighted by Gasteiger charge is 2.51. The summed E-state index contributed by atoms with van der Waals surface area (Å²) in [7, 11) is 0. The number of ketones is 1. The van der Waals surface area contributed by atoms with Crippen LogP contribution in [-0.2, 0) is 20.8 Å². The first-order chi connectivity index (χ1) is 17.8. The number of rotatable bonds is 10. The number of carboxylic acids is 1. The van der Waals surface area contributed by atoms with Gasteiger partial charge in [-0.3, -0.25) is 19.7 Å². The van der Waals surface area contributed by atoms with Crippen molar-refractivity contribution < 1.29 is 24.3 Å². The summed E-state index contributed by atoms with van der Waals surface area (Å²) in [5, 5.41) is 15.6. The van der Waals surface area contributed by atoms with Crippen LogP contribution in [0.3, 0.4) is 0 Å². The molecule has 3 atom stereocenters. The van der Waals surface area contributed by atoms with Crippen LogP contribution in [0.2, 0.25) is 0 Å². The number of hydrogen-bond acceptors (Lipinski definition) is 7. The third-order valence-electron chi connectivity index (χ3n) is 6.64. The van der Waals surface area contributed by atoms with E-state index in [0.717, 1.165) is 17.1 Å². The van der Waals surface area contributed by atoms with Crippen LogP contribution >= 0.6 is 23.5 Å². The molecular weight excluding hydrogens is 510 g/mol. The second-order valence-electron chi connectivity index (χ2n) is 9.28. The molecule has 3 N–H and O–H groups in total. The van der Waals surface area contributed by atoms with Gasteiger partial charge in [-0.1, -0.05) is 48.5 Å². The predicted molar refractivity (Wildman–Crippen MR) is 146 cm³/mol. The van der Waals surface area contributed by atoms with Crippen LogP contribution < -0.4 is 10.6 Å². The standard InChI is InChI=1S/C27H31N3O5S2/c1-18(25(33)30-17-27(36-12-13-37-27)15-22(30)26(34)35)28-16-23(31)21(14-19-8-4-2-5-9-19)29-24(32)20-10-6-3-7-11-20/h2-11,18,21-22,28H,12-17H2,1H3,(H,29,32)(H,34,35). The molecule has 0 saturated carbocycles. The molecule has 37 heavy (non-hydrogen) atoms. The Morgan fingerprint density at radius 2 is 1.65 bits per heavy atom. The molecule has 1 spiro atoms. The molecule has 196 valence electrons. The lowest BCUT2D eigenvalue weighted by Gasteiger charge is -2.26. The van der Waals surface area contributed by atoms with Crippen molar-refractivity contribution in [1.82, 2.24) is 15.5 Å². The molecule has 8 nitrogen and oxygen atoms in total. The van der Waals surface area contributed by atoms with Crippen molar-refractivity contribution in [3.05, 3.63) is 71.8 Å². The van der Waals surface area contributed by atoms with E-state index in [-0.39, 0.29) is 28.2 Å². The summed E-state index contributed by atoms with van der Waals surface area (Å²) in [5.74, 6) is -0.0663. The van der Waals surface area contributed by atoms with E-state index < -0.39 is 24.1 Å². The van der Waals surface area contributed by atoms with E-state index in [1.165, 1.54) is 4.90 Å². The number of carboxylic acid groups (broad SMARTS) is 1. The first-order valence-electron chi connectivity index (χ1n) is 12.3. The monoisotopic (exact) mass is 541 g/mol. The maximum Gasteiger partial charge on any atom is 0.326 e. The molecule has 3 unspecified atom stereocenters. The molecule has 0 aromatic heterocycles. The molecule has 0 aliphatic carbocycles. The van der Waals surface area contributed by atoms with Crippen LogP contribution in [0.5, 0.6) is 0 Å². The zero-order valence-electron chi connectivity index (χ0n) is 20.6. The fourth-order valence-electron chi connectivity index (χ4n) is 4.64. The molecule has 10 heteroatoms. The number of aliphatic carboxylic acids is 1. The zero-order valence-corrected chi connectivity index (χ0v) is 22.2. The van der Waals surface area contributed by atoms with Crippen LogP contribution in [0, 0.1) is 0 Å². The van der Waals surface area contributed by atoms with Gasteiger partial charge in [0.2, 0.25) is 5.91 Å². The Bertz CT molecular complexity index is 1130.